The van der Waals surface area contributed by atoms with E-state index in [-0.39, 0.29) is 30.1 Å². The van der Waals surface area contributed by atoms with Crippen LogP contribution in [0.15, 0.2) is 29.6 Å². The lowest BCUT2D eigenvalue weighted by Crippen LogP contribution is -2.41. The Morgan fingerprint density at radius 3 is 2.59 bits per heavy atom. The number of nitro benzene ring substituents is 1. The average molecular weight is 413 g/mol. The molecule has 2 aromatic rings. The highest BCUT2D eigenvalue weighted by Gasteiger charge is 2.26. The van der Waals surface area contributed by atoms with Gasteiger partial charge in [-0.05, 0) is 18.7 Å². The number of hydrogen-bond donors (Lipinski definition) is 1. The summed E-state index contributed by atoms with van der Waals surface area (Å²) in [6.07, 6.45) is 2.09. The van der Waals surface area contributed by atoms with Gasteiger partial charge in [-0.25, -0.2) is 4.98 Å². The van der Waals surface area contributed by atoms with Crippen molar-refractivity contribution in [1.82, 2.24) is 9.88 Å². The van der Waals surface area contributed by atoms with Crippen LogP contribution < -0.4 is 10.5 Å². The lowest BCUT2D eigenvalue weighted by atomic mass is 10.1. The van der Waals surface area contributed by atoms with Gasteiger partial charge in [0, 0.05) is 49.9 Å². The molecule has 1 fully saturated rings. The highest BCUT2D eigenvalue weighted by Crippen LogP contribution is 2.23. The van der Waals surface area contributed by atoms with Crippen molar-refractivity contribution in [3.8, 4) is 5.75 Å². The molecular weight excluding hydrogens is 392 g/mol. The number of nitrogens with zero attached hydrogens (tertiary/aromatic N) is 3. The topological polar surface area (TPSA) is 112 Å². The summed E-state index contributed by atoms with van der Waals surface area (Å²) in [5.41, 5.74) is 6.03. The zero-order chi connectivity index (χ0) is 18.5. The number of carbonyl (C=O) groups excluding carboxylic acids is 1. The Balaban J connectivity index is 0.00000261. The maximum Gasteiger partial charge on any atom is 0.273 e. The molecule has 10 heteroatoms. The van der Waals surface area contributed by atoms with E-state index in [1.54, 1.807) is 22.4 Å². The van der Waals surface area contributed by atoms with Crippen molar-refractivity contribution in [2.24, 2.45) is 5.73 Å². The molecule has 0 atom stereocenters. The maximum atomic E-state index is 12.5. The van der Waals surface area contributed by atoms with Crippen LogP contribution in [0.2, 0.25) is 0 Å². The van der Waals surface area contributed by atoms with E-state index in [2.05, 4.69) is 4.98 Å². The van der Waals surface area contributed by atoms with Crippen LogP contribution in [0.3, 0.4) is 0 Å². The van der Waals surface area contributed by atoms with Crippen molar-refractivity contribution in [3.05, 3.63) is 50.5 Å². The first-order chi connectivity index (χ1) is 12.6. The number of benzene rings is 1. The van der Waals surface area contributed by atoms with Gasteiger partial charge in [0.1, 0.15) is 17.5 Å². The van der Waals surface area contributed by atoms with Gasteiger partial charge in [-0.3, -0.25) is 14.9 Å². The van der Waals surface area contributed by atoms with Crippen molar-refractivity contribution in [3.63, 3.8) is 0 Å². The van der Waals surface area contributed by atoms with Crippen LogP contribution in [0.1, 0.15) is 28.3 Å². The second-order valence-electron chi connectivity index (χ2n) is 6.03. The first-order valence-corrected chi connectivity index (χ1v) is 9.29. The van der Waals surface area contributed by atoms with Crippen LogP contribution in [0.5, 0.6) is 5.75 Å². The molecule has 0 aliphatic carbocycles. The fourth-order valence-corrected chi connectivity index (χ4v) is 3.61. The van der Waals surface area contributed by atoms with E-state index in [9.17, 15) is 14.9 Å². The minimum atomic E-state index is -0.439. The summed E-state index contributed by atoms with van der Waals surface area (Å²) in [7, 11) is 0. The predicted molar refractivity (Wildman–Crippen MR) is 105 cm³/mol. The number of non-ortho nitro benzene ring substituents is 1. The van der Waals surface area contributed by atoms with E-state index in [4.69, 9.17) is 10.5 Å². The molecule has 1 saturated heterocycles. The Bertz CT molecular complexity index is 775. The Morgan fingerprint density at radius 1 is 1.33 bits per heavy atom. The standard InChI is InChI=1S/C17H20N4O4S.ClH/c18-8-5-16-19-15(11-26-16)17(22)20-9-6-14(7-10-20)25-13-3-1-12(2-4-13)21(23)24;/h1-4,11,14H,5-10,18H2;1H. The van der Waals surface area contributed by atoms with Gasteiger partial charge in [0.25, 0.3) is 11.6 Å². The average Bonchev–Trinajstić information content (AvgIpc) is 3.11. The van der Waals surface area contributed by atoms with E-state index in [0.717, 1.165) is 5.01 Å². The SMILES string of the molecule is Cl.NCCc1nc(C(=O)N2CCC(Oc3ccc([N+](=O)[O-])cc3)CC2)cs1. The molecule has 1 aromatic heterocycles. The van der Waals surface area contributed by atoms with E-state index >= 15 is 0 Å². The summed E-state index contributed by atoms with van der Waals surface area (Å²) in [5, 5.41) is 13.3. The quantitative estimate of drug-likeness (QED) is 0.576. The monoisotopic (exact) mass is 412 g/mol. The molecule has 146 valence electrons. The number of rotatable bonds is 6. The predicted octanol–water partition coefficient (Wildman–Crippen LogP) is 2.66. The number of thiazole rings is 1. The largest absolute Gasteiger partial charge is 0.490 e. The van der Waals surface area contributed by atoms with E-state index in [1.165, 1.54) is 23.5 Å². The van der Waals surface area contributed by atoms with Crippen molar-refractivity contribution in [2.45, 2.75) is 25.4 Å². The van der Waals surface area contributed by atoms with Crippen molar-refractivity contribution in [2.75, 3.05) is 19.6 Å². The second kappa shape index (κ2) is 9.63. The van der Waals surface area contributed by atoms with Gasteiger partial charge in [-0.15, -0.1) is 23.7 Å². The number of aromatic nitrogens is 1. The third kappa shape index (κ3) is 5.38. The summed E-state index contributed by atoms with van der Waals surface area (Å²) in [6.45, 7) is 1.72. The molecule has 1 aliphatic rings. The van der Waals surface area contributed by atoms with E-state index in [1.807, 2.05) is 0 Å². The molecule has 0 bridgehead atoms. The normalized spacial score (nSPS) is 14.5. The Morgan fingerprint density at radius 2 is 2.00 bits per heavy atom. The van der Waals surface area contributed by atoms with Gasteiger partial charge < -0.3 is 15.4 Å². The van der Waals surface area contributed by atoms with Crippen LogP contribution >= 0.6 is 23.7 Å². The van der Waals surface area contributed by atoms with Crippen molar-refractivity contribution >= 4 is 35.3 Å². The minimum Gasteiger partial charge on any atom is -0.490 e. The first kappa shape index (κ1) is 21.1. The van der Waals surface area contributed by atoms with Gasteiger partial charge in [0.2, 0.25) is 0 Å². The Kier molecular flexibility index (Phi) is 7.52. The third-order valence-electron chi connectivity index (χ3n) is 4.21. The summed E-state index contributed by atoms with van der Waals surface area (Å²) < 4.78 is 5.87. The molecule has 0 spiro atoms. The summed E-state index contributed by atoms with van der Waals surface area (Å²) in [5.74, 6) is 0.546. The fraction of sp³-hybridized carbons (Fsp3) is 0.412. The molecule has 8 nitrogen and oxygen atoms in total. The Labute approximate surface area is 166 Å². The van der Waals surface area contributed by atoms with Crippen LogP contribution in [0.25, 0.3) is 0 Å². The van der Waals surface area contributed by atoms with Crippen LogP contribution in [0.4, 0.5) is 5.69 Å². The molecule has 1 amide bonds. The van der Waals surface area contributed by atoms with Gasteiger partial charge in [-0.1, -0.05) is 0 Å². The van der Waals surface area contributed by atoms with Crippen molar-refractivity contribution < 1.29 is 14.5 Å². The molecular formula is C17H21ClN4O4S. The molecule has 0 saturated carbocycles. The van der Waals surface area contributed by atoms with E-state index < -0.39 is 4.92 Å². The first-order valence-electron chi connectivity index (χ1n) is 8.41. The summed E-state index contributed by atoms with van der Waals surface area (Å²) in [4.78, 5) is 28.9. The van der Waals surface area contributed by atoms with Crippen LogP contribution in [-0.4, -0.2) is 46.5 Å². The number of likely N-dealkylation sites (tertiary alicyclic amines) is 1. The molecule has 27 heavy (non-hydrogen) atoms. The number of nitro groups is 1. The summed E-state index contributed by atoms with van der Waals surface area (Å²) in [6, 6.07) is 6.05. The number of amides is 1. The zero-order valence-corrected chi connectivity index (χ0v) is 16.2. The second-order valence-corrected chi connectivity index (χ2v) is 6.97. The number of hydrogen-bond acceptors (Lipinski definition) is 7. The van der Waals surface area contributed by atoms with Gasteiger partial charge in [0.15, 0.2) is 0 Å². The van der Waals surface area contributed by atoms with Crippen LogP contribution in [-0.2, 0) is 6.42 Å². The Hall–Kier alpha value is -2.23. The number of piperidine rings is 1. The van der Waals surface area contributed by atoms with Crippen LogP contribution in [0, 0.1) is 10.1 Å². The third-order valence-corrected chi connectivity index (χ3v) is 5.12. The maximum absolute atomic E-state index is 12.5. The molecule has 1 aromatic carbocycles. The number of carbonyl (C=O) groups is 1. The molecule has 1 aliphatic heterocycles. The highest BCUT2D eigenvalue weighted by molar-refractivity contribution is 7.09. The molecule has 2 N–H and O–H groups in total. The zero-order valence-electron chi connectivity index (χ0n) is 14.6. The number of halogens is 1. The van der Waals surface area contributed by atoms with Gasteiger partial charge in [-0.2, -0.15) is 0 Å². The fourth-order valence-electron chi connectivity index (χ4n) is 2.83. The number of ether oxygens (including phenoxy) is 1. The lowest BCUT2D eigenvalue weighted by molar-refractivity contribution is -0.384. The molecule has 0 unspecified atom stereocenters. The van der Waals surface area contributed by atoms with Crippen molar-refractivity contribution in [1.29, 1.82) is 0 Å². The van der Waals surface area contributed by atoms with Gasteiger partial charge in [0.05, 0.1) is 9.93 Å². The smallest absolute Gasteiger partial charge is 0.273 e. The molecule has 0 radical (unpaired) electrons. The van der Waals surface area contributed by atoms with E-state index in [0.29, 0.717) is 50.3 Å². The lowest BCUT2D eigenvalue weighted by Gasteiger charge is -2.31. The molecule has 3 rings (SSSR count). The number of nitrogens with two attached hydrogens (primary N) is 1. The van der Waals surface area contributed by atoms with Gasteiger partial charge >= 0.3 is 0 Å². The minimum absolute atomic E-state index is 0. The summed E-state index contributed by atoms with van der Waals surface area (Å²) >= 11 is 1.46. The molecule has 2 heterocycles. The highest BCUT2D eigenvalue weighted by atomic mass is 35.5.